The zero-order valence-electron chi connectivity index (χ0n) is 11.1. The van der Waals surface area contributed by atoms with Crippen molar-refractivity contribution in [3.8, 4) is 0 Å². The summed E-state index contributed by atoms with van der Waals surface area (Å²) in [5.41, 5.74) is 6.21. The van der Waals surface area contributed by atoms with Crippen LogP contribution in [0.1, 0.15) is 48.1 Å². The Kier molecular flexibility index (Phi) is 2.83. The van der Waals surface area contributed by atoms with Gasteiger partial charge in [0.25, 0.3) is 0 Å². The second-order valence-corrected chi connectivity index (χ2v) is 5.67. The van der Waals surface area contributed by atoms with Crippen LogP contribution in [0.4, 0.5) is 0 Å². The molecule has 88 valence electrons. The van der Waals surface area contributed by atoms with E-state index in [4.69, 9.17) is 0 Å². The largest absolute Gasteiger partial charge is 0.313 e. The van der Waals surface area contributed by atoms with E-state index in [2.05, 4.69) is 52.2 Å². The standard InChI is InChI=1S/C15H23N/c1-10-8-12(3)13(9-11(10)2)14(16-5)15(4)6-7-15/h8-9,14,16H,6-7H2,1-5H3. The average molecular weight is 217 g/mol. The molecule has 1 fully saturated rings. The molecule has 1 heteroatoms. The van der Waals surface area contributed by atoms with Gasteiger partial charge in [-0.25, -0.2) is 0 Å². The summed E-state index contributed by atoms with van der Waals surface area (Å²) in [6.45, 7) is 9.03. The first-order chi connectivity index (χ1) is 7.48. The van der Waals surface area contributed by atoms with Gasteiger partial charge in [-0.15, -0.1) is 0 Å². The van der Waals surface area contributed by atoms with E-state index in [0.29, 0.717) is 11.5 Å². The third-order valence-electron chi connectivity index (χ3n) is 4.22. The van der Waals surface area contributed by atoms with Crippen LogP contribution in [0.15, 0.2) is 12.1 Å². The summed E-state index contributed by atoms with van der Waals surface area (Å²) in [5.74, 6) is 0. The quantitative estimate of drug-likeness (QED) is 0.814. The van der Waals surface area contributed by atoms with Crippen LogP contribution >= 0.6 is 0 Å². The van der Waals surface area contributed by atoms with Gasteiger partial charge in [0, 0.05) is 6.04 Å². The molecule has 0 radical (unpaired) electrons. The average Bonchev–Trinajstić information content (AvgIpc) is 2.94. The minimum absolute atomic E-state index is 0.487. The van der Waals surface area contributed by atoms with E-state index >= 15 is 0 Å². The maximum absolute atomic E-state index is 3.51. The number of nitrogens with one attached hydrogen (secondary N) is 1. The Morgan fingerprint density at radius 2 is 1.62 bits per heavy atom. The van der Waals surface area contributed by atoms with Crippen LogP contribution in [-0.4, -0.2) is 7.05 Å². The molecule has 1 nitrogen and oxygen atoms in total. The fourth-order valence-electron chi connectivity index (χ4n) is 2.66. The van der Waals surface area contributed by atoms with E-state index < -0.39 is 0 Å². The Hall–Kier alpha value is -0.820. The highest BCUT2D eigenvalue weighted by Gasteiger charge is 2.45. The van der Waals surface area contributed by atoms with Gasteiger partial charge in [-0.05, 0) is 68.3 Å². The molecule has 16 heavy (non-hydrogen) atoms. The number of rotatable bonds is 3. The highest BCUT2D eigenvalue weighted by molar-refractivity contribution is 5.39. The predicted molar refractivity (Wildman–Crippen MR) is 69.8 cm³/mol. The molecule has 0 saturated heterocycles. The molecule has 0 amide bonds. The van der Waals surface area contributed by atoms with E-state index in [1.807, 2.05) is 0 Å². The van der Waals surface area contributed by atoms with Crippen molar-refractivity contribution < 1.29 is 0 Å². The second-order valence-electron chi connectivity index (χ2n) is 5.67. The van der Waals surface area contributed by atoms with E-state index in [1.54, 1.807) is 0 Å². The normalized spacial score (nSPS) is 19.6. The van der Waals surface area contributed by atoms with Crippen molar-refractivity contribution in [2.24, 2.45) is 5.41 Å². The Bertz CT molecular complexity index is 402. The first kappa shape index (κ1) is 11.7. The van der Waals surface area contributed by atoms with E-state index in [0.717, 1.165) is 0 Å². The Labute approximate surface area is 99.3 Å². The number of hydrogen-bond acceptors (Lipinski definition) is 1. The lowest BCUT2D eigenvalue weighted by molar-refractivity contribution is 0.389. The fourth-order valence-corrected chi connectivity index (χ4v) is 2.66. The summed E-state index contributed by atoms with van der Waals surface area (Å²) >= 11 is 0. The maximum atomic E-state index is 3.51. The van der Waals surface area contributed by atoms with Gasteiger partial charge in [0.1, 0.15) is 0 Å². The van der Waals surface area contributed by atoms with Crippen molar-refractivity contribution in [3.05, 3.63) is 34.4 Å². The predicted octanol–water partition coefficient (Wildman–Crippen LogP) is 3.67. The molecule has 1 unspecified atom stereocenters. The highest BCUT2D eigenvalue weighted by atomic mass is 14.9. The van der Waals surface area contributed by atoms with Gasteiger partial charge in [0.2, 0.25) is 0 Å². The third kappa shape index (κ3) is 1.89. The molecule has 1 atom stereocenters. The first-order valence-electron chi connectivity index (χ1n) is 6.23. The van der Waals surface area contributed by atoms with Crippen LogP contribution in [-0.2, 0) is 0 Å². The first-order valence-corrected chi connectivity index (χ1v) is 6.23. The zero-order valence-corrected chi connectivity index (χ0v) is 11.1. The molecule has 1 aliphatic rings. The van der Waals surface area contributed by atoms with Gasteiger partial charge in [-0.3, -0.25) is 0 Å². The lowest BCUT2D eigenvalue weighted by atomic mass is 9.87. The Morgan fingerprint density at radius 1 is 1.06 bits per heavy atom. The summed E-state index contributed by atoms with van der Waals surface area (Å²) in [6, 6.07) is 5.21. The molecule has 1 saturated carbocycles. The molecule has 0 spiro atoms. The van der Waals surface area contributed by atoms with Crippen LogP contribution in [0.2, 0.25) is 0 Å². The summed E-state index contributed by atoms with van der Waals surface area (Å²) in [5, 5.41) is 3.51. The molecule has 1 aliphatic carbocycles. The van der Waals surface area contributed by atoms with Crippen LogP contribution in [0.5, 0.6) is 0 Å². The van der Waals surface area contributed by atoms with Gasteiger partial charge >= 0.3 is 0 Å². The van der Waals surface area contributed by atoms with Crippen LogP contribution in [0.3, 0.4) is 0 Å². The summed E-state index contributed by atoms with van der Waals surface area (Å²) in [7, 11) is 2.09. The lowest BCUT2D eigenvalue weighted by Gasteiger charge is -2.26. The SMILES string of the molecule is CNC(c1cc(C)c(C)cc1C)C1(C)CC1. The molecular formula is C15H23N. The second kappa shape index (κ2) is 3.89. The van der Waals surface area contributed by atoms with Gasteiger partial charge in [-0.2, -0.15) is 0 Å². The van der Waals surface area contributed by atoms with Crippen LogP contribution < -0.4 is 5.32 Å². The van der Waals surface area contributed by atoms with Gasteiger partial charge < -0.3 is 5.32 Å². The molecule has 0 aliphatic heterocycles. The summed E-state index contributed by atoms with van der Waals surface area (Å²) in [6.07, 6.45) is 2.70. The summed E-state index contributed by atoms with van der Waals surface area (Å²) in [4.78, 5) is 0. The summed E-state index contributed by atoms with van der Waals surface area (Å²) < 4.78 is 0. The third-order valence-corrected chi connectivity index (χ3v) is 4.22. The monoisotopic (exact) mass is 217 g/mol. The van der Waals surface area contributed by atoms with Crippen molar-refractivity contribution in [2.45, 2.75) is 46.6 Å². The lowest BCUT2D eigenvalue weighted by Crippen LogP contribution is -2.25. The number of aryl methyl sites for hydroxylation is 3. The van der Waals surface area contributed by atoms with E-state index in [9.17, 15) is 0 Å². The molecule has 1 aromatic rings. The van der Waals surface area contributed by atoms with Crippen LogP contribution in [0.25, 0.3) is 0 Å². The zero-order chi connectivity index (χ0) is 11.9. The van der Waals surface area contributed by atoms with Crippen LogP contribution in [0, 0.1) is 26.2 Å². The number of hydrogen-bond donors (Lipinski definition) is 1. The Morgan fingerprint density at radius 3 is 2.12 bits per heavy atom. The fraction of sp³-hybridized carbons (Fsp3) is 0.600. The molecule has 0 aromatic heterocycles. The molecule has 0 bridgehead atoms. The van der Waals surface area contributed by atoms with Gasteiger partial charge in [0.05, 0.1) is 0 Å². The van der Waals surface area contributed by atoms with Crippen molar-refractivity contribution in [3.63, 3.8) is 0 Å². The minimum Gasteiger partial charge on any atom is -0.313 e. The van der Waals surface area contributed by atoms with Crippen molar-refractivity contribution >= 4 is 0 Å². The van der Waals surface area contributed by atoms with Crippen molar-refractivity contribution in [1.82, 2.24) is 5.32 Å². The minimum atomic E-state index is 0.487. The molecule has 1 aromatic carbocycles. The van der Waals surface area contributed by atoms with Gasteiger partial charge in [-0.1, -0.05) is 19.1 Å². The maximum Gasteiger partial charge on any atom is 0.0374 e. The van der Waals surface area contributed by atoms with Crippen molar-refractivity contribution in [2.75, 3.05) is 7.05 Å². The van der Waals surface area contributed by atoms with E-state index in [1.165, 1.54) is 35.1 Å². The Balaban J connectivity index is 2.42. The molecular weight excluding hydrogens is 194 g/mol. The highest BCUT2D eigenvalue weighted by Crippen LogP contribution is 2.54. The molecule has 1 N–H and O–H groups in total. The smallest absolute Gasteiger partial charge is 0.0374 e. The number of benzene rings is 1. The molecule has 0 heterocycles. The van der Waals surface area contributed by atoms with Crippen molar-refractivity contribution in [1.29, 1.82) is 0 Å². The van der Waals surface area contributed by atoms with E-state index in [-0.39, 0.29) is 0 Å². The molecule has 2 rings (SSSR count). The van der Waals surface area contributed by atoms with Gasteiger partial charge in [0.15, 0.2) is 0 Å². The topological polar surface area (TPSA) is 12.0 Å².